The highest BCUT2D eigenvalue weighted by molar-refractivity contribution is 5.17. The highest BCUT2D eigenvalue weighted by Crippen LogP contribution is 2.11. The Balaban J connectivity index is -0.000000208. The molecule has 0 spiro atoms. The van der Waals surface area contributed by atoms with E-state index in [4.69, 9.17) is 0 Å². The van der Waals surface area contributed by atoms with E-state index in [1.165, 1.54) is 5.56 Å². The number of hydrogen-bond acceptors (Lipinski definition) is 0. The van der Waals surface area contributed by atoms with Gasteiger partial charge < -0.3 is 0 Å². The van der Waals surface area contributed by atoms with E-state index in [0.717, 1.165) is 0 Å². The molecule has 0 amide bonds. The zero-order chi connectivity index (χ0) is 12.7. The molecule has 1 aromatic rings. The van der Waals surface area contributed by atoms with Crippen molar-refractivity contribution in [1.82, 2.24) is 0 Å². The van der Waals surface area contributed by atoms with Gasteiger partial charge in [-0.2, -0.15) is 0 Å². The molecule has 0 aliphatic heterocycles. The molecule has 0 aromatic heterocycles. The molecule has 15 heavy (non-hydrogen) atoms. The van der Waals surface area contributed by atoms with Gasteiger partial charge in [-0.1, -0.05) is 85.7 Å². The van der Waals surface area contributed by atoms with Gasteiger partial charge in [0.1, 0.15) is 0 Å². The Morgan fingerprint density at radius 1 is 0.667 bits per heavy atom. The summed E-state index contributed by atoms with van der Waals surface area (Å²) in [5, 5.41) is 0. The van der Waals surface area contributed by atoms with Gasteiger partial charge in [-0.05, 0) is 11.5 Å². The lowest BCUT2D eigenvalue weighted by molar-refractivity contribution is 0.867. The zero-order valence-electron chi connectivity index (χ0n) is 12.0. The van der Waals surface area contributed by atoms with Gasteiger partial charge in [-0.15, -0.1) is 0 Å². The van der Waals surface area contributed by atoms with Crippen LogP contribution in [0.25, 0.3) is 0 Å². The van der Waals surface area contributed by atoms with Gasteiger partial charge in [-0.25, -0.2) is 0 Å². The lowest BCUT2D eigenvalue weighted by atomic mass is 10.0. The monoisotopic (exact) mass is 210 g/mol. The summed E-state index contributed by atoms with van der Waals surface area (Å²) < 4.78 is 0. The number of rotatable bonds is 1. The van der Waals surface area contributed by atoms with E-state index < -0.39 is 0 Å². The van der Waals surface area contributed by atoms with Crippen LogP contribution in [-0.4, -0.2) is 0 Å². The molecule has 0 heteroatoms. The van der Waals surface area contributed by atoms with E-state index in [9.17, 15) is 0 Å². The molecular formula is C15H30. The van der Waals surface area contributed by atoms with Crippen LogP contribution in [0, 0.1) is 0 Å². The van der Waals surface area contributed by atoms with Gasteiger partial charge in [-0.3, -0.25) is 0 Å². The highest BCUT2D eigenvalue weighted by Gasteiger charge is 1.93. The quantitative estimate of drug-likeness (QED) is 0.542. The molecule has 0 atom stereocenters. The van der Waals surface area contributed by atoms with Gasteiger partial charge in [0.2, 0.25) is 0 Å². The average molecular weight is 210 g/mol. The molecule has 0 heterocycles. The van der Waals surface area contributed by atoms with E-state index in [-0.39, 0.29) is 0 Å². The van der Waals surface area contributed by atoms with Crippen molar-refractivity contribution in [3.8, 4) is 0 Å². The smallest absolute Gasteiger partial charge is 0.0219 e. The van der Waals surface area contributed by atoms with Gasteiger partial charge >= 0.3 is 0 Å². The second kappa shape index (κ2) is 18.9. The Labute approximate surface area is 97.7 Å². The maximum absolute atomic E-state index is 2.20. The molecule has 0 nitrogen and oxygen atoms in total. The van der Waals surface area contributed by atoms with Crippen LogP contribution >= 0.6 is 0 Å². The minimum atomic E-state index is 0.659. The van der Waals surface area contributed by atoms with E-state index in [1.54, 1.807) is 0 Å². The molecule has 0 saturated carbocycles. The van der Waals surface area contributed by atoms with E-state index in [2.05, 4.69) is 38.1 Å². The Morgan fingerprint density at radius 2 is 1.00 bits per heavy atom. The van der Waals surface area contributed by atoms with Crippen LogP contribution in [0.3, 0.4) is 0 Å². The number of hydrogen-bond donors (Lipinski definition) is 0. The number of benzene rings is 1. The largest absolute Gasteiger partial charge is 0.0683 e. The molecule has 90 valence electrons. The maximum atomic E-state index is 2.20. The van der Waals surface area contributed by atoms with Crippen LogP contribution < -0.4 is 0 Å². The van der Waals surface area contributed by atoms with Crippen molar-refractivity contribution in [3.05, 3.63) is 35.9 Å². The zero-order valence-corrected chi connectivity index (χ0v) is 12.0. The van der Waals surface area contributed by atoms with Crippen molar-refractivity contribution in [3.63, 3.8) is 0 Å². The summed E-state index contributed by atoms with van der Waals surface area (Å²) in [4.78, 5) is 0. The second-order valence-electron chi connectivity index (χ2n) is 2.57. The van der Waals surface area contributed by atoms with Crippen molar-refractivity contribution >= 4 is 0 Å². The fourth-order valence-electron chi connectivity index (χ4n) is 0.838. The Kier molecular flexibility index (Phi) is 24.9. The van der Waals surface area contributed by atoms with Crippen molar-refractivity contribution in [2.75, 3.05) is 0 Å². The Hall–Kier alpha value is -0.780. The molecule has 0 unspecified atom stereocenters. The summed E-state index contributed by atoms with van der Waals surface area (Å²) in [6.07, 6.45) is 0. The van der Waals surface area contributed by atoms with Crippen molar-refractivity contribution in [2.45, 2.75) is 61.3 Å². The van der Waals surface area contributed by atoms with Gasteiger partial charge in [0.25, 0.3) is 0 Å². The van der Waals surface area contributed by atoms with Crippen LogP contribution in [0.1, 0.15) is 66.9 Å². The average Bonchev–Trinajstić information content (AvgIpc) is 2.38. The highest BCUT2D eigenvalue weighted by atomic mass is 14.0. The van der Waals surface area contributed by atoms with Gasteiger partial charge in [0.15, 0.2) is 0 Å². The third kappa shape index (κ3) is 13.2. The third-order valence-electron chi connectivity index (χ3n) is 1.47. The molecule has 0 aliphatic carbocycles. The summed E-state index contributed by atoms with van der Waals surface area (Å²) >= 11 is 0. The summed E-state index contributed by atoms with van der Waals surface area (Å²) in [5.41, 5.74) is 1.41. The van der Waals surface area contributed by atoms with Crippen molar-refractivity contribution in [2.24, 2.45) is 0 Å². The Morgan fingerprint density at radius 3 is 1.20 bits per heavy atom. The molecule has 0 saturated heterocycles. The summed E-state index contributed by atoms with van der Waals surface area (Å²) in [6, 6.07) is 10.5. The topological polar surface area (TPSA) is 0 Å². The third-order valence-corrected chi connectivity index (χ3v) is 1.47. The molecule has 0 bridgehead atoms. The maximum Gasteiger partial charge on any atom is -0.0219 e. The van der Waals surface area contributed by atoms with Crippen LogP contribution in [0.15, 0.2) is 30.3 Å². The van der Waals surface area contributed by atoms with Crippen molar-refractivity contribution in [1.29, 1.82) is 0 Å². The first-order chi connectivity index (χ1) is 7.30. The van der Waals surface area contributed by atoms with Gasteiger partial charge in [0, 0.05) is 0 Å². The predicted molar refractivity (Wildman–Crippen MR) is 74.6 cm³/mol. The van der Waals surface area contributed by atoms with E-state index in [1.807, 2.05) is 47.6 Å². The lowest BCUT2D eigenvalue weighted by Gasteiger charge is -2.01. The Bertz CT molecular complexity index is 163. The van der Waals surface area contributed by atoms with Gasteiger partial charge in [0.05, 0.1) is 0 Å². The van der Waals surface area contributed by atoms with E-state index in [0.29, 0.717) is 5.92 Å². The first kappa shape index (κ1) is 19.7. The fraction of sp³-hybridized carbons (Fsp3) is 0.600. The van der Waals surface area contributed by atoms with Crippen LogP contribution in [-0.2, 0) is 0 Å². The van der Waals surface area contributed by atoms with E-state index >= 15 is 0 Å². The molecule has 1 aromatic carbocycles. The molecule has 0 radical (unpaired) electrons. The second-order valence-corrected chi connectivity index (χ2v) is 2.57. The predicted octanol–water partition coefficient (Wildman–Crippen LogP) is 5.89. The summed E-state index contributed by atoms with van der Waals surface area (Å²) in [5.74, 6) is 0.659. The van der Waals surface area contributed by atoms with Crippen molar-refractivity contribution < 1.29 is 0 Å². The minimum Gasteiger partial charge on any atom is -0.0683 e. The molecular weight excluding hydrogens is 180 g/mol. The standard InChI is InChI=1S/C9H12.3C2H6/c1-8(2)9-6-4-3-5-7-9;3*1-2/h3-8H,1-2H3;3*1-2H3. The lowest BCUT2D eigenvalue weighted by Crippen LogP contribution is -1.83. The minimum absolute atomic E-state index is 0.659. The fourth-order valence-corrected chi connectivity index (χ4v) is 0.838. The van der Waals surface area contributed by atoms with Crippen LogP contribution in [0.5, 0.6) is 0 Å². The van der Waals surface area contributed by atoms with Crippen LogP contribution in [0.4, 0.5) is 0 Å². The SMILES string of the molecule is CC.CC.CC.CC(C)c1ccccc1. The molecule has 0 aliphatic rings. The molecule has 1 rings (SSSR count). The summed E-state index contributed by atoms with van der Waals surface area (Å²) in [6.45, 7) is 16.4. The summed E-state index contributed by atoms with van der Waals surface area (Å²) in [7, 11) is 0. The first-order valence-corrected chi connectivity index (χ1v) is 6.35. The van der Waals surface area contributed by atoms with Crippen LogP contribution in [0.2, 0.25) is 0 Å². The first-order valence-electron chi connectivity index (χ1n) is 6.35. The normalized spacial score (nSPS) is 7.27. The molecule has 0 fully saturated rings. The molecule has 0 N–H and O–H groups in total.